The zero-order valence-corrected chi connectivity index (χ0v) is 32.0. The van der Waals surface area contributed by atoms with Gasteiger partial charge in [0.2, 0.25) is 0 Å². The van der Waals surface area contributed by atoms with E-state index < -0.39 is 76.2 Å². The molecule has 0 aliphatic carbocycles. The molecule has 0 aliphatic heterocycles. The first-order valence-corrected chi connectivity index (χ1v) is 27.7. The predicted octanol–water partition coefficient (Wildman–Crippen LogP) is -0.960. The molecule has 0 atom stereocenters. The molecule has 2 aromatic carbocycles. The molecule has 0 amide bonds. The smallest absolute Gasteiger partial charge is 0.419 e. The Balaban J connectivity index is 2.37. The fraction of sp³-hybridized carbons (Fsp3) is 0.300. The molecule has 0 aromatic heterocycles. The largest absolute Gasteiger partial charge is 0.504 e. The van der Waals surface area contributed by atoms with E-state index in [2.05, 4.69) is 100.0 Å². The number of rotatable bonds is 16. The first-order chi connectivity index (χ1) is 16.5. The van der Waals surface area contributed by atoms with Crippen molar-refractivity contribution in [3.8, 4) is 0 Å². The fourth-order valence-electron chi connectivity index (χ4n) is 3.75. The zero-order valence-electron chi connectivity index (χ0n) is 21.5. The summed E-state index contributed by atoms with van der Waals surface area (Å²) < 4.78 is 37.7. The van der Waals surface area contributed by atoms with Crippen LogP contribution in [0.3, 0.4) is 0 Å². The van der Waals surface area contributed by atoms with Crippen LogP contribution in [0.1, 0.15) is 11.1 Å². The van der Waals surface area contributed by atoms with Crippen molar-refractivity contribution in [2.45, 2.75) is 39.3 Å². The van der Waals surface area contributed by atoms with E-state index in [0.29, 0.717) is 0 Å². The predicted molar refractivity (Wildman–Crippen MR) is 166 cm³/mol. The average Bonchev–Trinajstić information content (AvgIpc) is 2.84. The van der Waals surface area contributed by atoms with Gasteiger partial charge in [0.1, 0.15) is 58.6 Å². The van der Waals surface area contributed by atoms with Gasteiger partial charge in [-0.3, -0.25) is 0 Å². The molecular weight excluding hydrogens is 561 g/mol. The highest BCUT2D eigenvalue weighted by molar-refractivity contribution is 6.84. The lowest BCUT2D eigenvalue weighted by Crippen LogP contribution is -2.58. The van der Waals surface area contributed by atoms with Crippen LogP contribution in [0.5, 0.6) is 0 Å². The molecule has 0 saturated carbocycles. The van der Waals surface area contributed by atoms with Gasteiger partial charge in [0.25, 0.3) is 0 Å². The first-order valence-electron chi connectivity index (χ1n) is 12.3. The van der Waals surface area contributed by atoms with Crippen molar-refractivity contribution in [1.29, 1.82) is 0 Å². The Bertz CT molecular complexity index is 797. The Morgan fingerprint density at radius 2 is 0.794 bits per heavy atom. The summed E-state index contributed by atoms with van der Waals surface area (Å²) in [7, 11) is -9.45. The van der Waals surface area contributed by atoms with Crippen LogP contribution in [-0.2, 0) is 24.7 Å². The van der Waals surface area contributed by atoms with Gasteiger partial charge in [-0.25, -0.2) is 0 Å². The monoisotopic (exact) mass is 600 g/mol. The Morgan fingerprint density at radius 3 is 1.06 bits per heavy atom. The van der Waals surface area contributed by atoms with Crippen molar-refractivity contribution in [3.63, 3.8) is 0 Å². The molecule has 2 aromatic rings. The van der Waals surface area contributed by atoms with E-state index in [1.807, 2.05) is 0 Å². The second-order valence-electron chi connectivity index (χ2n) is 7.29. The van der Waals surface area contributed by atoms with E-state index in [1.165, 1.54) is 0 Å². The van der Waals surface area contributed by atoms with Crippen LogP contribution in [0.4, 0.5) is 0 Å². The number of hydrogen-bond donors (Lipinski definition) is 0. The molecule has 0 bridgehead atoms. The third-order valence-corrected chi connectivity index (χ3v) is 23.0. The lowest BCUT2D eigenvalue weighted by atomic mass is 10.1. The van der Waals surface area contributed by atoms with Gasteiger partial charge in [0.05, 0.1) is 0 Å². The highest BCUT2D eigenvalue weighted by Crippen LogP contribution is 2.15. The maximum atomic E-state index is 6.29. The van der Waals surface area contributed by atoms with Crippen molar-refractivity contribution in [2.24, 2.45) is 0 Å². The summed E-state index contributed by atoms with van der Waals surface area (Å²) in [6.45, 7) is 12.9. The van der Waals surface area contributed by atoms with Crippen LogP contribution in [0.25, 0.3) is 12.2 Å². The topological polar surface area (TPSA) is 55.4 Å². The molecule has 0 fully saturated rings. The number of benzene rings is 2. The highest BCUT2D eigenvalue weighted by Gasteiger charge is 2.42. The molecule has 2 rings (SSSR count). The van der Waals surface area contributed by atoms with Gasteiger partial charge < -0.3 is 24.7 Å². The fourth-order valence-corrected chi connectivity index (χ4v) is 24.7. The normalized spacial score (nSPS) is 17.5. The minimum Gasteiger partial charge on any atom is -0.419 e. The zero-order chi connectivity index (χ0) is 24.9. The van der Waals surface area contributed by atoms with Gasteiger partial charge in [-0.1, -0.05) is 87.8 Å². The van der Waals surface area contributed by atoms with E-state index in [1.54, 1.807) is 0 Å². The number of hydrogen-bond acceptors (Lipinski definition) is 6. The minimum atomic E-state index is -2.75. The molecule has 0 heterocycles. The molecule has 0 radical (unpaired) electrons. The molecule has 6 nitrogen and oxygen atoms in total. The van der Waals surface area contributed by atoms with Crippen LogP contribution in [0.2, 0.25) is 39.3 Å². The van der Waals surface area contributed by atoms with E-state index in [-0.39, 0.29) is 0 Å². The second-order valence-corrected chi connectivity index (χ2v) is 21.1. The standard InChI is InChI=1S/C20H40O6Si8/c1-27-21-33(22-28-2,23-29-3)19-11-7-9-17(15-19)13-14-18-10-8-12-20(16-18)34(24-30-4,25-31-5)26-32-6/h7-16H,27-32H2,1-6H3. The summed E-state index contributed by atoms with van der Waals surface area (Å²) in [6, 6.07) is 16.9. The Morgan fingerprint density at radius 1 is 0.500 bits per heavy atom. The quantitative estimate of drug-likeness (QED) is 0.183. The van der Waals surface area contributed by atoms with Crippen molar-refractivity contribution < 1.29 is 24.7 Å². The van der Waals surface area contributed by atoms with Gasteiger partial charge >= 0.3 is 17.6 Å². The summed E-state index contributed by atoms with van der Waals surface area (Å²) in [6.07, 6.45) is 4.28. The Labute approximate surface area is 221 Å². The average molecular weight is 601 g/mol. The van der Waals surface area contributed by atoms with Crippen molar-refractivity contribution >= 4 is 98.7 Å². The van der Waals surface area contributed by atoms with Gasteiger partial charge in [-0.05, 0) is 23.3 Å². The van der Waals surface area contributed by atoms with Crippen LogP contribution in [0.15, 0.2) is 48.5 Å². The molecule has 0 saturated heterocycles. The van der Waals surface area contributed by atoms with Gasteiger partial charge in [-0.2, -0.15) is 0 Å². The third kappa shape index (κ3) is 8.10. The van der Waals surface area contributed by atoms with Crippen LogP contribution in [-0.4, -0.2) is 76.2 Å². The summed E-state index contributed by atoms with van der Waals surface area (Å²) >= 11 is 0. The lowest BCUT2D eigenvalue weighted by Gasteiger charge is -2.30. The van der Waals surface area contributed by atoms with E-state index in [0.717, 1.165) is 21.5 Å². The van der Waals surface area contributed by atoms with Crippen molar-refractivity contribution in [2.75, 3.05) is 0 Å². The molecule has 0 aliphatic rings. The highest BCUT2D eigenvalue weighted by atomic mass is 28.5. The minimum absolute atomic E-state index is 0.657. The molecule has 188 valence electrons. The SMILES string of the molecule is C[SiH2]O[Si](O[SiH2]C)(O[SiH2]C)c1cccc(C=Cc2cccc([Si](O[SiH2]C)(O[SiH2]C)O[SiH2]C)c2)c1. The van der Waals surface area contributed by atoms with Crippen LogP contribution >= 0.6 is 0 Å². The van der Waals surface area contributed by atoms with Gasteiger partial charge in [0.15, 0.2) is 0 Å². The van der Waals surface area contributed by atoms with E-state index >= 15 is 0 Å². The maximum absolute atomic E-state index is 6.29. The molecule has 14 heteroatoms. The Kier molecular flexibility index (Phi) is 13.8. The summed E-state index contributed by atoms with van der Waals surface area (Å²) in [5, 5.41) is 2.16. The molecule has 34 heavy (non-hydrogen) atoms. The molecule has 0 N–H and O–H groups in total. The lowest BCUT2D eigenvalue weighted by molar-refractivity contribution is 0.304. The van der Waals surface area contributed by atoms with Crippen LogP contribution < -0.4 is 10.4 Å². The second kappa shape index (κ2) is 15.7. The van der Waals surface area contributed by atoms with Gasteiger partial charge in [0, 0.05) is 10.4 Å². The van der Waals surface area contributed by atoms with Crippen molar-refractivity contribution in [3.05, 3.63) is 59.7 Å². The molecule has 0 unspecified atom stereocenters. The van der Waals surface area contributed by atoms with Crippen molar-refractivity contribution in [1.82, 2.24) is 0 Å². The summed E-state index contributed by atoms with van der Waals surface area (Å²) in [5.41, 5.74) is 2.22. The Hall–Kier alpha value is -0.325. The van der Waals surface area contributed by atoms with E-state index in [9.17, 15) is 0 Å². The van der Waals surface area contributed by atoms with Gasteiger partial charge in [-0.15, -0.1) is 0 Å². The maximum Gasteiger partial charge on any atom is 0.504 e. The molecule has 0 spiro atoms. The first kappa shape index (κ1) is 29.9. The van der Waals surface area contributed by atoms with E-state index in [4.69, 9.17) is 24.7 Å². The third-order valence-electron chi connectivity index (χ3n) is 4.95. The van der Waals surface area contributed by atoms with Crippen LogP contribution in [0, 0.1) is 0 Å². The summed E-state index contributed by atoms with van der Waals surface area (Å²) in [5.74, 6) is 0. The summed E-state index contributed by atoms with van der Waals surface area (Å²) in [4.78, 5) is 0. The molecular formula is C20H40O6Si8.